The van der Waals surface area contributed by atoms with Crippen molar-refractivity contribution in [3.63, 3.8) is 0 Å². The van der Waals surface area contributed by atoms with Gasteiger partial charge >= 0.3 is 0 Å². The van der Waals surface area contributed by atoms with Crippen LogP contribution >= 0.6 is 11.8 Å². The Labute approximate surface area is 193 Å². The number of carbonyl (C=O) groups excluding carboxylic acids is 2. The van der Waals surface area contributed by atoms with Crippen LogP contribution in [0, 0.1) is 5.92 Å². The number of allylic oxidation sites excluding steroid dienone is 1. The molecule has 10 heteroatoms. The first-order valence-corrected chi connectivity index (χ1v) is 12.4. The molecule has 4 heterocycles. The first-order valence-electron chi connectivity index (χ1n) is 11.2. The number of piperazine rings is 1. The van der Waals surface area contributed by atoms with Crippen LogP contribution < -0.4 is 10.9 Å². The van der Waals surface area contributed by atoms with Crippen LogP contribution in [0.4, 0.5) is 4.39 Å². The number of ether oxygens (including phenoxy) is 1. The molecule has 4 unspecified atom stereocenters. The van der Waals surface area contributed by atoms with Crippen LogP contribution in [0.15, 0.2) is 23.4 Å². The summed E-state index contributed by atoms with van der Waals surface area (Å²) >= 11 is 1.66. The number of epoxide rings is 1. The topological polar surface area (TPSA) is 80.5 Å². The highest BCUT2D eigenvalue weighted by molar-refractivity contribution is 7.99. The first-order chi connectivity index (χ1) is 15.2. The molecule has 0 aromatic carbocycles. The molecular weight excluding hydrogens is 433 g/mol. The van der Waals surface area contributed by atoms with Gasteiger partial charge in [0, 0.05) is 74.5 Å². The molecule has 8 nitrogen and oxygen atoms in total. The Kier molecular flexibility index (Phi) is 6.97. The molecule has 4 aliphatic rings. The summed E-state index contributed by atoms with van der Waals surface area (Å²) in [6, 6.07) is 0. The minimum absolute atomic E-state index is 0.0288. The number of carbonyl (C=O) groups is 2. The van der Waals surface area contributed by atoms with Crippen molar-refractivity contribution in [1.82, 2.24) is 25.6 Å². The Bertz CT molecular complexity index is 819. The Balaban J connectivity index is 1.56. The molecule has 2 N–H and O–H groups in total. The van der Waals surface area contributed by atoms with Gasteiger partial charge in [0.05, 0.1) is 5.57 Å². The van der Waals surface area contributed by atoms with Gasteiger partial charge < -0.3 is 14.5 Å². The van der Waals surface area contributed by atoms with Crippen molar-refractivity contribution >= 4 is 23.6 Å². The number of thioether (sulfide) groups is 1. The lowest BCUT2D eigenvalue weighted by Crippen LogP contribution is -2.59. The normalized spacial score (nSPS) is 33.5. The summed E-state index contributed by atoms with van der Waals surface area (Å²) in [5.74, 6) is 0.542. The Morgan fingerprint density at radius 1 is 1.31 bits per heavy atom. The summed E-state index contributed by atoms with van der Waals surface area (Å²) in [7, 11) is 3.72. The van der Waals surface area contributed by atoms with Crippen LogP contribution in [0.3, 0.4) is 0 Å². The molecule has 32 heavy (non-hydrogen) atoms. The van der Waals surface area contributed by atoms with Crippen LogP contribution in [0.25, 0.3) is 0 Å². The van der Waals surface area contributed by atoms with Crippen molar-refractivity contribution in [1.29, 1.82) is 0 Å². The summed E-state index contributed by atoms with van der Waals surface area (Å²) in [4.78, 5) is 31.9. The maximum absolute atomic E-state index is 15.7. The highest BCUT2D eigenvalue weighted by Crippen LogP contribution is 2.40. The molecule has 0 aromatic rings. The molecule has 4 rings (SSSR count). The first kappa shape index (κ1) is 23.7. The van der Waals surface area contributed by atoms with E-state index >= 15 is 4.39 Å². The van der Waals surface area contributed by atoms with Gasteiger partial charge in [-0.2, -0.15) is 11.8 Å². The molecule has 2 amide bonds. The van der Waals surface area contributed by atoms with Gasteiger partial charge in [-0.15, -0.1) is 0 Å². The minimum atomic E-state index is -1.26. The number of hydrogen-bond acceptors (Lipinski definition) is 7. The number of halogens is 1. The number of rotatable bonds is 4. The molecule has 4 atom stereocenters. The van der Waals surface area contributed by atoms with Gasteiger partial charge in [0.25, 0.3) is 11.8 Å². The summed E-state index contributed by atoms with van der Waals surface area (Å²) in [5, 5.41) is 0. The van der Waals surface area contributed by atoms with Gasteiger partial charge in [0.15, 0.2) is 0 Å². The minimum Gasteiger partial charge on any atom is -0.359 e. The lowest BCUT2D eigenvalue weighted by Gasteiger charge is -2.47. The number of hydrazine groups is 1. The second kappa shape index (κ2) is 9.42. The van der Waals surface area contributed by atoms with E-state index in [1.54, 1.807) is 25.0 Å². The van der Waals surface area contributed by atoms with E-state index in [0.717, 1.165) is 19.6 Å². The van der Waals surface area contributed by atoms with E-state index in [1.807, 2.05) is 0 Å². The van der Waals surface area contributed by atoms with Crippen LogP contribution in [-0.4, -0.2) is 109 Å². The molecule has 0 aromatic heterocycles. The van der Waals surface area contributed by atoms with Crippen LogP contribution in [0.1, 0.15) is 13.8 Å². The van der Waals surface area contributed by atoms with Crippen LogP contribution in [-0.2, 0) is 14.3 Å². The number of fused-ring (bicyclic) bond motifs is 4. The van der Waals surface area contributed by atoms with Gasteiger partial charge in [0.2, 0.25) is 0 Å². The quantitative estimate of drug-likeness (QED) is 0.457. The SMILES string of the molecule is CNNC(=O)C1=CN2CCSCC(CN3CCN(C)CC3(C)C)C(F)C=C(C2=O)C2OC12. The third-order valence-electron chi connectivity index (χ3n) is 6.73. The lowest BCUT2D eigenvalue weighted by atomic mass is 9.94. The Morgan fingerprint density at radius 2 is 2.09 bits per heavy atom. The molecule has 4 aliphatic heterocycles. The number of likely N-dealkylation sites (N-methyl/N-ethyl adjacent to an activating group) is 1. The second-order valence-corrected chi connectivity index (χ2v) is 10.8. The van der Waals surface area contributed by atoms with Gasteiger partial charge in [-0.05, 0) is 27.0 Å². The zero-order valence-corrected chi connectivity index (χ0v) is 20.1. The predicted octanol–water partition coefficient (Wildman–Crippen LogP) is 0.384. The third-order valence-corrected chi connectivity index (χ3v) is 7.86. The van der Waals surface area contributed by atoms with E-state index in [2.05, 4.69) is 41.5 Å². The van der Waals surface area contributed by atoms with E-state index < -0.39 is 18.4 Å². The molecule has 2 saturated heterocycles. The third kappa shape index (κ3) is 4.89. The standard InChI is InChI=1S/C22H34FN5O3S/c1-22(2)13-26(4)5-6-28(22)10-14-12-32-8-7-27-11-16(20(29)25-24-3)19-18(31-19)15(21(27)30)9-17(14)23/h9,11,14,17-19,24H,5-8,10,12-13H2,1-4H3,(H,25,29). The van der Waals surface area contributed by atoms with E-state index in [0.29, 0.717) is 35.7 Å². The average molecular weight is 468 g/mol. The molecule has 0 spiro atoms. The van der Waals surface area contributed by atoms with Crippen molar-refractivity contribution in [2.24, 2.45) is 5.92 Å². The number of nitrogens with zero attached hydrogens (tertiary/aromatic N) is 3. The van der Waals surface area contributed by atoms with E-state index in [-0.39, 0.29) is 23.3 Å². The van der Waals surface area contributed by atoms with Gasteiger partial charge in [0.1, 0.15) is 18.4 Å². The molecule has 2 bridgehead atoms. The fourth-order valence-corrected chi connectivity index (χ4v) is 5.97. The van der Waals surface area contributed by atoms with Crippen molar-refractivity contribution in [2.45, 2.75) is 37.8 Å². The van der Waals surface area contributed by atoms with Crippen molar-refractivity contribution in [3.05, 3.63) is 23.4 Å². The van der Waals surface area contributed by atoms with Gasteiger partial charge in [-0.25, -0.2) is 9.82 Å². The highest BCUT2D eigenvalue weighted by Gasteiger charge is 2.52. The van der Waals surface area contributed by atoms with E-state index in [4.69, 9.17) is 4.74 Å². The molecular formula is C22H34FN5O3S. The van der Waals surface area contributed by atoms with Crippen molar-refractivity contribution < 1.29 is 18.7 Å². The number of amides is 2. The van der Waals surface area contributed by atoms with Crippen molar-refractivity contribution in [2.75, 3.05) is 58.3 Å². The maximum Gasteiger partial charge on any atom is 0.265 e. The fourth-order valence-electron chi connectivity index (χ4n) is 4.88. The molecule has 178 valence electrons. The Hall–Kier alpha value is -1.46. The Morgan fingerprint density at radius 3 is 2.81 bits per heavy atom. The van der Waals surface area contributed by atoms with Gasteiger partial charge in [-0.3, -0.25) is 19.9 Å². The largest absolute Gasteiger partial charge is 0.359 e. The van der Waals surface area contributed by atoms with E-state index in [1.165, 1.54) is 11.0 Å². The number of nitrogens with one attached hydrogen (secondary N) is 2. The lowest BCUT2D eigenvalue weighted by molar-refractivity contribution is -0.124. The van der Waals surface area contributed by atoms with Crippen LogP contribution in [0.2, 0.25) is 0 Å². The monoisotopic (exact) mass is 467 g/mol. The summed E-state index contributed by atoms with van der Waals surface area (Å²) < 4.78 is 21.4. The summed E-state index contributed by atoms with van der Waals surface area (Å²) in [6.45, 7) is 8.36. The molecule has 0 radical (unpaired) electrons. The fraction of sp³-hybridized carbons (Fsp3) is 0.727. The molecule has 0 saturated carbocycles. The van der Waals surface area contributed by atoms with E-state index in [9.17, 15) is 9.59 Å². The zero-order valence-electron chi connectivity index (χ0n) is 19.3. The maximum atomic E-state index is 15.7. The highest BCUT2D eigenvalue weighted by atomic mass is 32.2. The summed E-state index contributed by atoms with van der Waals surface area (Å²) in [5.41, 5.74) is 5.85. The smallest absolute Gasteiger partial charge is 0.265 e. The molecule has 0 aliphatic carbocycles. The zero-order chi connectivity index (χ0) is 23.0. The van der Waals surface area contributed by atoms with Gasteiger partial charge in [-0.1, -0.05) is 0 Å². The number of alkyl halides is 1. The van der Waals surface area contributed by atoms with Crippen molar-refractivity contribution in [3.8, 4) is 0 Å². The second-order valence-electron chi connectivity index (χ2n) is 9.66. The molecule has 2 fully saturated rings. The average Bonchev–Trinajstić information content (AvgIpc) is 3.51. The summed E-state index contributed by atoms with van der Waals surface area (Å²) in [6.07, 6.45) is 0.702. The number of hydrogen-bond donors (Lipinski definition) is 2. The predicted molar refractivity (Wildman–Crippen MR) is 123 cm³/mol. The van der Waals surface area contributed by atoms with Crippen LogP contribution in [0.5, 0.6) is 0 Å².